The van der Waals surface area contributed by atoms with Gasteiger partial charge in [-0.3, -0.25) is 4.79 Å². The van der Waals surface area contributed by atoms with Gasteiger partial charge in [0.15, 0.2) is 0 Å². The van der Waals surface area contributed by atoms with Crippen molar-refractivity contribution in [1.29, 1.82) is 0 Å². The zero-order chi connectivity index (χ0) is 14.7. The van der Waals surface area contributed by atoms with Gasteiger partial charge in [0.2, 0.25) is 11.9 Å². The standard InChI is InChI=1S/C14H17N5O2/c1-2-13(20)15-14(18-7-9-21-10-8-18)19-12-6-4-3-5-11(12)16-17-19/h3-6H,2,7-10H2,1H3. The third-order valence-corrected chi connectivity index (χ3v) is 3.36. The summed E-state index contributed by atoms with van der Waals surface area (Å²) in [5.74, 6) is 0.356. The summed E-state index contributed by atoms with van der Waals surface area (Å²) in [6.07, 6.45) is 0.362. The Morgan fingerprint density at radius 1 is 1.33 bits per heavy atom. The summed E-state index contributed by atoms with van der Waals surface area (Å²) >= 11 is 0. The van der Waals surface area contributed by atoms with E-state index >= 15 is 0 Å². The van der Waals surface area contributed by atoms with Gasteiger partial charge in [-0.05, 0) is 12.1 Å². The molecule has 1 aromatic heterocycles. The molecule has 0 atom stereocenters. The normalized spacial score (nSPS) is 16.4. The predicted octanol–water partition coefficient (Wildman–Crippen LogP) is 0.904. The van der Waals surface area contributed by atoms with Crippen molar-refractivity contribution < 1.29 is 9.53 Å². The molecular weight excluding hydrogens is 270 g/mol. The first kappa shape index (κ1) is 13.7. The Morgan fingerprint density at radius 3 is 2.86 bits per heavy atom. The van der Waals surface area contributed by atoms with Crippen LogP contribution in [0.1, 0.15) is 13.3 Å². The topological polar surface area (TPSA) is 72.6 Å². The number of benzene rings is 1. The molecule has 0 bridgehead atoms. The minimum absolute atomic E-state index is 0.170. The Kier molecular flexibility index (Phi) is 3.92. The van der Waals surface area contributed by atoms with Crippen LogP contribution in [0.5, 0.6) is 0 Å². The van der Waals surface area contributed by atoms with E-state index in [0.717, 1.165) is 11.0 Å². The third kappa shape index (κ3) is 2.78. The van der Waals surface area contributed by atoms with Crippen LogP contribution in [0.3, 0.4) is 0 Å². The highest BCUT2D eigenvalue weighted by Crippen LogP contribution is 2.12. The Morgan fingerprint density at radius 2 is 2.10 bits per heavy atom. The molecule has 2 heterocycles. The van der Waals surface area contributed by atoms with Gasteiger partial charge in [-0.15, -0.1) is 5.10 Å². The van der Waals surface area contributed by atoms with Crippen molar-refractivity contribution in [2.45, 2.75) is 13.3 Å². The molecule has 0 radical (unpaired) electrons. The van der Waals surface area contributed by atoms with E-state index in [2.05, 4.69) is 15.3 Å². The van der Waals surface area contributed by atoms with Crippen molar-refractivity contribution in [1.82, 2.24) is 19.9 Å². The number of hydrogen-bond acceptors (Lipinski definition) is 4. The molecule has 7 nitrogen and oxygen atoms in total. The van der Waals surface area contributed by atoms with Crippen molar-refractivity contribution in [3.05, 3.63) is 24.3 Å². The average molecular weight is 287 g/mol. The Bertz CT molecular complexity index is 673. The fourth-order valence-electron chi connectivity index (χ4n) is 2.22. The molecule has 0 spiro atoms. The first-order chi connectivity index (χ1) is 10.3. The van der Waals surface area contributed by atoms with E-state index < -0.39 is 0 Å². The van der Waals surface area contributed by atoms with Crippen LogP contribution in [0, 0.1) is 0 Å². The van der Waals surface area contributed by atoms with Gasteiger partial charge in [0, 0.05) is 19.5 Å². The van der Waals surface area contributed by atoms with Crippen LogP contribution < -0.4 is 0 Å². The van der Waals surface area contributed by atoms with E-state index in [1.807, 2.05) is 29.2 Å². The van der Waals surface area contributed by atoms with Crippen LogP contribution in [-0.2, 0) is 9.53 Å². The lowest BCUT2D eigenvalue weighted by atomic mass is 10.3. The molecule has 1 aliphatic heterocycles. The molecule has 1 aromatic carbocycles. The zero-order valence-corrected chi connectivity index (χ0v) is 11.9. The van der Waals surface area contributed by atoms with Crippen molar-refractivity contribution in [3.8, 4) is 0 Å². The number of aliphatic imine (C=N–C) groups is 1. The molecule has 0 unspecified atom stereocenters. The highest BCUT2D eigenvalue weighted by Gasteiger charge is 2.20. The fourth-order valence-corrected chi connectivity index (χ4v) is 2.22. The number of ether oxygens (including phenoxy) is 1. The zero-order valence-electron chi connectivity index (χ0n) is 11.9. The maximum atomic E-state index is 11.8. The molecular formula is C14H17N5O2. The quantitative estimate of drug-likeness (QED) is 0.575. The molecule has 1 aliphatic rings. The second kappa shape index (κ2) is 6.01. The Hall–Kier alpha value is -2.28. The molecule has 0 N–H and O–H groups in total. The lowest BCUT2D eigenvalue weighted by Crippen LogP contribution is -2.44. The number of fused-ring (bicyclic) bond motifs is 1. The molecule has 1 saturated heterocycles. The van der Waals surface area contributed by atoms with Crippen molar-refractivity contribution in [2.24, 2.45) is 4.99 Å². The van der Waals surface area contributed by atoms with Gasteiger partial charge in [-0.25, -0.2) is 0 Å². The molecule has 1 amide bonds. The molecule has 0 saturated carbocycles. The minimum atomic E-state index is -0.170. The SMILES string of the molecule is CCC(=O)N=C(N1CCOCC1)n1nnc2ccccc21. The lowest BCUT2D eigenvalue weighted by molar-refractivity contribution is -0.117. The van der Waals surface area contributed by atoms with Gasteiger partial charge >= 0.3 is 0 Å². The van der Waals surface area contributed by atoms with Gasteiger partial charge in [-0.2, -0.15) is 9.67 Å². The van der Waals surface area contributed by atoms with E-state index in [1.54, 1.807) is 11.6 Å². The Labute approximate surface area is 122 Å². The van der Waals surface area contributed by atoms with Gasteiger partial charge < -0.3 is 9.64 Å². The van der Waals surface area contributed by atoms with Crippen LogP contribution in [0.4, 0.5) is 0 Å². The largest absolute Gasteiger partial charge is 0.378 e. The highest BCUT2D eigenvalue weighted by atomic mass is 16.5. The van der Waals surface area contributed by atoms with Crippen molar-refractivity contribution in [3.63, 3.8) is 0 Å². The molecule has 110 valence electrons. The summed E-state index contributed by atoms with van der Waals surface area (Å²) in [4.78, 5) is 18.0. The molecule has 21 heavy (non-hydrogen) atoms. The maximum absolute atomic E-state index is 11.8. The minimum Gasteiger partial charge on any atom is -0.378 e. The van der Waals surface area contributed by atoms with E-state index in [0.29, 0.717) is 38.7 Å². The number of para-hydroxylation sites is 1. The highest BCUT2D eigenvalue weighted by molar-refractivity contribution is 5.97. The van der Waals surface area contributed by atoms with Crippen LogP contribution in [0.2, 0.25) is 0 Å². The summed E-state index contributed by atoms with van der Waals surface area (Å²) in [5.41, 5.74) is 1.62. The van der Waals surface area contributed by atoms with Gasteiger partial charge in [0.05, 0.1) is 18.7 Å². The van der Waals surface area contributed by atoms with E-state index in [1.165, 1.54) is 0 Å². The number of carbonyl (C=O) groups is 1. The Balaban J connectivity index is 2.05. The lowest BCUT2D eigenvalue weighted by Gasteiger charge is -2.29. The average Bonchev–Trinajstić information content (AvgIpc) is 2.97. The monoisotopic (exact) mass is 287 g/mol. The summed E-state index contributed by atoms with van der Waals surface area (Å²) in [6.45, 7) is 4.40. The second-order valence-corrected chi connectivity index (χ2v) is 4.75. The first-order valence-electron chi connectivity index (χ1n) is 7.04. The van der Waals surface area contributed by atoms with Gasteiger partial charge in [0.1, 0.15) is 5.52 Å². The van der Waals surface area contributed by atoms with Crippen molar-refractivity contribution in [2.75, 3.05) is 26.3 Å². The molecule has 2 aromatic rings. The smallest absolute Gasteiger partial charge is 0.248 e. The van der Waals surface area contributed by atoms with E-state index in [-0.39, 0.29) is 5.91 Å². The van der Waals surface area contributed by atoms with Gasteiger partial charge in [0.25, 0.3) is 0 Å². The second-order valence-electron chi connectivity index (χ2n) is 4.75. The third-order valence-electron chi connectivity index (χ3n) is 3.36. The molecule has 0 aliphatic carbocycles. The van der Waals surface area contributed by atoms with Crippen LogP contribution in [-0.4, -0.2) is 58.1 Å². The number of nitrogens with zero attached hydrogens (tertiary/aromatic N) is 5. The first-order valence-corrected chi connectivity index (χ1v) is 7.04. The summed E-state index contributed by atoms with van der Waals surface area (Å²) in [5, 5.41) is 8.29. The fraction of sp³-hybridized carbons (Fsp3) is 0.429. The predicted molar refractivity (Wildman–Crippen MR) is 78.1 cm³/mol. The number of carbonyl (C=O) groups excluding carboxylic acids is 1. The van der Waals surface area contributed by atoms with E-state index in [9.17, 15) is 4.79 Å². The summed E-state index contributed by atoms with van der Waals surface area (Å²) in [7, 11) is 0. The van der Waals surface area contributed by atoms with Crippen molar-refractivity contribution >= 4 is 22.9 Å². The number of rotatable bonds is 1. The van der Waals surface area contributed by atoms with Gasteiger partial charge in [-0.1, -0.05) is 24.3 Å². The summed E-state index contributed by atoms with van der Waals surface area (Å²) in [6, 6.07) is 7.63. The molecule has 3 rings (SSSR count). The number of hydrogen-bond donors (Lipinski definition) is 0. The van der Waals surface area contributed by atoms with Crippen LogP contribution in [0.25, 0.3) is 11.0 Å². The molecule has 7 heteroatoms. The van der Waals surface area contributed by atoms with E-state index in [4.69, 9.17) is 4.74 Å². The summed E-state index contributed by atoms with van der Waals surface area (Å²) < 4.78 is 6.99. The number of morpholine rings is 1. The van der Waals surface area contributed by atoms with Crippen LogP contribution >= 0.6 is 0 Å². The maximum Gasteiger partial charge on any atom is 0.248 e. The van der Waals surface area contributed by atoms with Crippen LogP contribution in [0.15, 0.2) is 29.3 Å². The molecule has 1 fully saturated rings. The number of amides is 1. The number of aromatic nitrogens is 3.